The first kappa shape index (κ1) is 37.7. The van der Waals surface area contributed by atoms with Crippen molar-refractivity contribution in [3.05, 3.63) is 145 Å². The number of nitrogens with zero attached hydrogens (tertiary/aromatic N) is 2. The molecule has 4 heteroatoms. The van der Waals surface area contributed by atoms with Crippen LogP contribution in [-0.4, -0.2) is 20.9 Å². The predicted molar refractivity (Wildman–Crippen MR) is 222 cm³/mol. The molecule has 0 aliphatic carbocycles. The fourth-order valence-corrected chi connectivity index (χ4v) is 7.61. The Labute approximate surface area is 316 Å². The Hall–Kier alpha value is -5.09. The lowest BCUT2D eigenvalue weighted by Crippen LogP contribution is -1.96. The summed E-state index contributed by atoms with van der Waals surface area (Å²) in [4.78, 5) is 21.8. The lowest BCUT2D eigenvalue weighted by atomic mass is 9.97. The Morgan fingerprint density at radius 3 is 1.38 bits per heavy atom. The van der Waals surface area contributed by atoms with E-state index in [0.29, 0.717) is 12.8 Å². The number of aryl methyl sites for hydroxylation is 2. The number of aliphatic hydroxyl groups is 1. The normalized spacial score (nSPS) is 11.7. The summed E-state index contributed by atoms with van der Waals surface area (Å²) in [5, 5.41) is 15.4. The Bertz CT molecular complexity index is 2070. The summed E-state index contributed by atoms with van der Waals surface area (Å²) in [5.41, 5.74) is 7.20. The van der Waals surface area contributed by atoms with Crippen LogP contribution in [0.4, 0.5) is 0 Å². The van der Waals surface area contributed by atoms with Gasteiger partial charge in [0.25, 0.3) is 0 Å². The number of unbranched alkanes of at least 4 members (excludes halogenated alkanes) is 10. The number of carbonyl (C=O) groups excluding carboxylic acids is 1. The van der Waals surface area contributed by atoms with E-state index in [4.69, 9.17) is 9.97 Å². The lowest BCUT2D eigenvalue weighted by Gasteiger charge is -2.10. The third-order valence-corrected chi connectivity index (χ3v) is 10.5. The van der Waals surface area contributed by atoms with E-state index in [9.17, 15) is 9.90 Å². The number of rotatable bonds is 21. The van der Waals surface area contributed by atoms with Crippen molar-refractivity contribution < 1.29 is 9.90 Å². The van der Waals surface area contributed by atoms with Crippen molar-refractivity contribution in [1.82, 2.24) is 9.97 Å². The predicted octanol–water partition coefficient (Wildman–Crippen LogP) is 13.4. The second-order valence-electron chi connectivity index (χ2n) is 14.4. The Kier molecular flexibility index (Phi) is 14.4. The van der Waals surface area contributed by atoms with Crippen LogP contribution in [0.25, 0.3) is 44.1 Å². The van der Waals surface area contributed by atoms with Crippen LogP contribution in [0.5, 0.6) is 0 Å². The highest BCUT2D eigenvalue weighted by Crippen LogP contribution is 2.30. The number of ketones is 1. The molecule has 0 bridgehead atoms. The van der Waals surface area contributed by atoms with Crippen LogP contribution >= 0.6 is 0 Å². The summed E-state index contributed by atoms with van der Waals surface area (Å²) in [6.45, 7) is 0. The molecule has 53 heavy (non-hydrogen) atoms. The molecule has 2 heterocycles. The molecular weight excluding hydrogens is 649 g/mol. The zero-order chi connectivity index (χ0) is 36.5. The number of pyridine rings is 2. The molecule has 0 saturated heterocycles. The second kappa shape index (κ2) is 20.2. The van der Waals surface area contributed by atoms with Crippen LogP contribution in [0, 0.1) is 0 Å². The summed E-state index contributed by atoms with van der Waals surface area (Å²) < 4.78 is 0. The van der Waals surface area contributed by atoms with Crippen LogP contribution in [0.1, 0.15) is 101 Å². The highest BCUT2D eigenvalue weighted by atomic mass is 16.3. The van der Waals surface area contributed by atoms with Gasteiger partial charge in [0, 0.05) is 53.2 Å². The Morgan fingerprint density at radius 1 is 0.453 bits per heavy atom. The Balaban J connectivity index is 0.798. The van der Waals surface area contributed by atoms with Gasteiger partial charge in [0.1, 0.15) is 0 Å². The SMILES string of the molecule is O=C(C=C(O)CCCCCCCCc1cccc2c(-c3ccccc3)nccc12)CCCCCCCCc1cccc2c(-c3ccccc3)nccc12. The lowest BCUT2D eigenvalue weighted by molar-refractivity contribution is -0.114. The first-order valence-corrected chi connectivity index (χ1v) is 19.9. The van der Waals surface area contributed by atoms with Gasteiger partial charge in [-0.25, -0.2) is 0 Å². The van der Waals surface area contributed by atoms with E-state index in [0.717, 1.165) is 80.3 Å². The fourth-order valence-electron chi connectivity index (χ4n) is 7.61. The van der Waals surface area contributed by atoms with Crippen molar-refractivity contribution in [2.75, 3.05) is 0 Å². The quantitative estimate of drug-likeness (QED) is 0.0461. The molecule has 6 aromatic rings. The number of hydrogen-bond donors (Lipinski definition) is 1. The number of hydrogen-bond acceptors (Lipinski definition) is 4. The van der Waals surface area contributed by atoms with Crippen LogP contribution in [0.2, 0.25) is 0 Å². The smallest absolute Gasteiger partial charge is 0.159 e. The van der Waals surface area contributed by atoms with Gasteiger partial charge >= 0.3 is 0 Å². The molecule has 0 fully saturated rings. The summed E-state index contributed by atoms with van der Waals surface area (Å²) in [6.07, 6.45) is 22.0. The molecule has 0 aliphatic rings. The molecule has 0 saturated carbocycles. The molecule has 0 spiro atoms. The van der Waals surface area contributed by atoms with Gasteiger partial charge < -0.3 is 5.11 Å². The van der Waals surface area contributed by atoms with Crippen LogP contribution in [-0.2, 0) is 17.6 Å². The maximum absolute atomic E-state index is 12.4. The van der Waals surface area contributed by atoms with Crippen molar-refractivity contribution in [3.8, 4) is 22.5 Å². The van der Waals surface area contributed by atoms with Crippen molar-refractivity contribution in [2.45, 2.75) is 103 Å². The van der Waals surface area contributed by atoms with Crippen LogP contribution < -0.4 is 0 Å². The first-order valence-electron chi connectivity index (χ1n) is 19.9. The number of aromatic nitrogens is 2. The average Bonchev–Trinajstić information content (AvgIpc) is 3.20. The van der Waals surface area contributed by atoms with E-state index in [2.05, 4.69) is 97.1 Å². The van der Waals surface area contributed by atoms with Gasteiger partial charge in [-0.2, -0.15) is 0 Å². The standard InChI is InChI=1S/C49H54N2O2/c52-42(29-17-7-3-1-5-11-21-38-27-19-31-46-44(38)33-35-50-48(46)40-23-13-9-14-24-40)37-43(53)30-18-8-4-2-6-12-22-39-28-20-32-47-45(39)34-36-51-49(47)41-25-15-10-16-26-41/h9-10,13-16,19-20,23-28,31-37,52H,1-8,11-12,17-18,21-22,29-30H2. The topological polar surface area (TPSA) is 63.1 Å². The zero-order valence-electron chi connectivity index (χ0n) is 31.2. The summed E-state index contributed by atoms with van der Waals surface area (Å²) in [5.74, 6) is 0.304. The largest absolute Gasteiger partial charge is 0.512 e. The van der Waals surface area contributed by atoms with Gasteiger partial charge in [-0.05, 0) is 72.6 Å². The number of carbonyl (C=O) groups is 1. The highest BCUT2D eigenvalue weighted by molar-refractivity contribution is 5.97. The minimum absolute atomic E-state index is 0.0583. The number of fused-ring (bicyclic) bond motifs is 2. The van der Waals surface area contributed by atoms with Crippen LogP contribution in [0.15, 0.2) is 133 Å². The van der Waals surface area contributed by atoms with E-state index in [1.807, 2.05) is 24.5 Å². The summed E-state index contributed by atoms with van der Waals surface area (Å²) in [6, 6.07) is 38.3. The molecule has 4 nitrogen and oxygen atoms in total. The average molecular weight is 703 g/mol. The minimum atomic E-state index is 0.0583. The van der Waals surface area contributed by atoms with Crippen molar-refractivity contribution in [2.24, 2.45) is 0 Å². The van der Waals surface area contributed by atoms with Gasteiger partial charge in [0.05, 0.1) is 17.1 Å². The van der Waals surface area contributed by atoms with Crippen LogP contribution in [0.3, 0.4) is 0 Å². The third kappa shape index (κ3) is 11.0. The maximum atomic E-state index is 12.4. The van der Waals surface area contributed by atoms with E-state index in [1.165, 1.54) is 70.9 Å². The maximum Gasteiger partial charge on any atom is 0.159 e. The van der Waals surface area contributed by atoms with Crippen molar-refractivity contribution >= 4 is 27.3 Å². The number of benzene rings is 4. The van der Waals surface area contributed by atoms with Crippen molar-refractivity contribution in [1.29, 1.82) is 0 Å². The van der Waals surface area contributed by atoms with Gasteiger partial charge in [0.2, 0.25) is 0 Å². The Morgan fingerprint density at radius 2 is 0.887 bits per heavy atom. The zero-order valence-corrected chi connectivity index (χ0v) is 31.2. The molecule has 272 valence electrons. The van der Waals surface area contributed by atoms with E-state index >= 15 is 0 Å². The monoisotopic (exact) mass is 702 g/mol. The first-order chi connectivity index (χ1) is 26.2. The summed E-state index contributed by atoms with van der Waals surface area (Å²) in [7, 11) is 0. The highest BCUT2D eigenvalue weighted by Gasteiger charge is 2.10. The van der Waals surface area contributed by atoms with Gasteiger partial charge in [-0.15, -0.1) is 0 Å². The van der Waals surface area contributed by atoms with E-state index < -0.39 is 0 Å². The molecule has 0 unspecified atom stereocenters. The molecule has 2 aromatic heterocycles. The number of allylic oxidation sites excluding steroid dienone is 2. The molecule has 0 radical (unpaired) electrons. The van der Waals surface area contributed by atoms with E-state index in [1.54, 1.807) is 0 Å². The van der Waals surface area contributed by atoms with E-state index in [-0.39, 0.29) is 11.5 Å². The molecule has 1 N–H and O–H groups in total. The van der Waals surface area contributed by atoms with Gasteiger partial charge in [-0.1, -0.05) is 148 Å². The number of aliphatic hydroxyl groups excluding tert-OH is 1. The summed E-state index contributed by atoms with van der Waals surface area (Å²) >= 11 is 0. The molecule has 0 aliphatic heterocycles. The van der Waals surface area contributed by atoms with Crippen molar-refractivity contribution in [3.63, 3.8) is 0 Å². The minimum Gasteiger partial charge on any atom is -0.512 e. The molecule has 0 atom stereocenters. The molecule has 0 amide bonds. The molecule has 6 rings (SSSR count). The second-order valence-corrected chi connectivity index (χ2v) is 14.4. The molecule has 4 aromatic carbocycles. The van der Waals surface area contributed by atoms with Gasteiger partial charge in [0.15, 0.2) is 5.78 Å². The molecular formula is C49H54N2O2. The van der Waals surface area contributed by atoms with Gasteiger partial charge in [-0.3, -0.25) is 14.8 Å². The third-order valence-electron chi connectivity index (χ3n) is 10.5. The fraction of sp³-hybridized carbons (Fsp3) is 0.327.